The van der Waals surface area contributed by atoms with Crippen molar-refractivity contribution >= 4 is 11.6 Å². The number of carbonyl (C=O) groups is 1. The van der Waals surface area contributed by atoms with Crippen molar-refractivity contribution in [2.24, 2.45) is 0 Å². The molecule has 2 aromatic carbocycles. The van der Waals surface area contributed by atoms with Crippen LogP contribution in [0.15, 0.2) is 42.5 Å². The highest BCUT2D eigenvalue weighted by Gasteiger charge is 2.42. The summed E-state index contributed by atoms with van der Waals surface area (Å²) in [5.41, 5.74) is 2.68. The number of nitriles is 1. The molecule has 1 aliphatic carbocycles. The number of ether oxygens (including phenoxy) is 2. The van der Waals surface area contributed by atoms with Crippen molar-refractivity contribution in [3.8, 4) is 11.8 Å². The van der Waals surface area contributed by atoms with Crippen molar-refractivity contribution in [3.05, 3.63) is 59.2 Å². The molecule has 6 heteroatoms. The fourth-order valence-electron chi connectivity index (χ4n) is 4.44. The molecule has 30 heavy (non-hydrogen) atoms. The molecular weight excluding hydrogens is 378 g/mol. The number of hydrogen-bond acceptors (Lipinski definition) is 5. The third kappa shape index (κ3) is 3.67. The first-order valence-electron chi connectivity index (χ1n) is 10.7. The highest BCUT2D eigenvalue weighted by Crippen LogP contribution is 2.40. The molecule has 6 nitrogen and oxygen atoms in total. The molecule has 0 unspecified atom stereocenters. The van der Waals surface area contributed by atoms with E-state index in [0.717, 1.165) is 43.3 Å². The lowest BCUT2D eigenvalue weighted by atomic mass is 9.89. The van der Waals surface area contributed by atoms with Crippen LogP contribution in [-0.4, -0.2) is 35.7 Å². The Hall–Kier alpha value is -2.88. The van der Waals surface area contributed by atoms with E-state index in [1.165, 1.54) is 19.3 Å². The van der Waals surface area contributed by atoms with Crippen LogP contribution in [0, 0.1) is 11.3 Å². The summed E-state index contributed by atoms with van der Waals surface area (Å²) in [6, 6.07) is 15.1. The first-order chi connectivity index (χ1) is 14.6. The van der Waals surface area contributed by atoms with E-state index in [1.54, 1.807) is 24.3 Å². The van der Waals surface area contributed by atoms with Gasteiger partial charge < -0.3 is 14.8 Å². The fraction of sp³-hybridized carbons (Fsp3) is 0.417. The number of amides is 1. The smallest absolute Gasteiger partial charge is 0.255 e. The van der Waals surface area contributed by atoms with Crippen LogP contribution < -0.4 is 10.1 Å². The van der Waals surface area contributed by atoms with Gasteiger partial charge in [-0.3, -0.25) is 9.69 Å². The average molecular weight is 403 g/mol. The number of nitrogens with one attached hydrogen (secondary N) is 1. The zero-order valence-corrected chi connectivity index (χ0v) is 16.9. The van der Waals surface area contributed by atoms with Gasteiger partial charge in [0, 0.05) is 48.8 Å². The quantitative estimate of drug-likeness (QED) is 0.836. The second kappa shape index (κ2) is 7.75. The van der Waals surface area contributed by atoms with Crippen LogP contribution in [0.5, 0.6) is 5.75 Å². The summed E-state index contributed by atoms with van der Waals surface area (Å²) in [7, 11) is 0. The lowest BCUT2D eigenvalue weighted by Gasteiger charge is -2.47. The molecule has 0 aromatic heterocycles. The van der Waals surface area contributed by atoms with Gasteiger partial charge >= 0.3 is 0 Å². The third-order valence-corrected chi connectivity index (χ3v) is 6.53. The molecule has 1 amide bonds. The standard InChI is InChI=1S/C24H25N3O3/c25-15-17-4-6-18(7-5-17)23(28)26-20-8-9-22-19(14-20)16-29-24(30-22)10-12-27(13-11-24)21-2-1-3-21/h4-9,14,21H,1-3,10-13,16H2,(H,26,28). The average Bonchev–Trinajstić information content (AvgIpc) is 2.74. The predicted octanol–water partition coefficient (Wildman–Crippen LogP) is 4.06. The molecule has 0 bridgehead atoms. The normalized spacial score (nSPS) is 20.5. The van der Waals surface area contributed by atoms with Gasteiger partial charge in [-0.15, -0.1) is 0 Å². The summed E-state index contributed by atoms with van der Waals surface area (Å²) in [4.78, 5) is 15.1. The zero-order chi connectivity index (χ0) is 20.6. The molecule has 5 rings (SSSR count). The van der Waals surface area contributed by atoms with E-state index in [0.29, 0.717) is 23.4 Å². The van der Waals surface area contributed by atoms with Crippen LogP contribution in [0.2, 0.25) is 0 Å². The number of hydrogen-bond donors (Lipinski definition) is 1. The minimum absolute atomic E-state index is 0.211. The molecule has 0 radical (unpaired) electrons. The molecule has 1 saturated carbocycles. The van der Waals surface area contributed by atoms with E-state index in [-0.39, 0.29) is 5.91 Å². The first-order valence-corrected chi connectivity index (χ1v) is 10.7. The maximum atomic E-state index is 12.5. The second-order valence-electron chi connectivity index (χ2n) is 8.39. The molecule has 2 aliphatic heterocycles. The largest absolute Gasteiger partial charge is 0.462 e. The highest BCUT2D eigenvalue weighted by molar-refractivity contribution is 6.04. The van der Waals surface area contributed by atoms with Crippen molar-refractivity contribution in [3.63, 3.8) is 0 Å². The number of benzene rings is 2. The second-order valence-corrected chi connectivity index (χ2v) is 8.39. The van der Waals surface area contributed by atoms with Gasteiger partial charge in [-0.05, 0) is 55.3 Å². The molecule has 1 spiro atoms. The molecule has 2 fully saturated rings. The topological polar surface area (TPSA) is 74.6 Å². The number of piperidine rings is 1. The van der Waals surface area contributed by atoms with Crippen LogP contribution in [0.25, 0.3) is 0 Å². The molecule has 0 atom stereocenters. The minimum atomic E-state index is -0.513. The Balaban J connectivity index is 1.23. The van der Waals surface area contributed by atoms with E-state index in [2.05, 4.69) is 16.3 Å². The Morgan fingerprint density at radius 1 is 1.13 bits per heavy atom. The van der Waals surface area contributed by atoms with Gasteiger partial charge in [-0.1, -0.05) is 6.42 Å². The first kappa shape index (κ1) is 19.1. The molecule has 2 heterocycles. The van der Waals surface area contributed by atoms with Crippen molar-refractivity contribution in [2.45, 2.75) is 50.5 Å². The molecule has 2 aromatic rings. The van der Waals surface area contributed by atoms with Gasteiger partial charge in [-0.2, -0.15) is 5.26 Å². The fourth-order valence-corrected chi connectivity index (χ4v) is 4.44. The van der Waals surface area contributed by atoms with Crippen molar-refractivity contribution in [2.75, 3.05) is 18.4 Å². The number of rotatable bonds is 3. The van der Waals surface area contributed by atoms with E-state index in [9.17, 15) is 4.79 Å². The van der Waals surface area contributed by atoms with Crippen molar-refractivity contribution in [1.82, 2.24) is 4.90 Å². The SMILES string of the molecule is N#Cc1ccc(C(=O)Nc2ccc3c(c2)COC2(CCN(C4CCC4)CC2)O3)cc1. The predicted molar refractivity (Wildman–Crippen MR) is 112 cm³/mol. The monoisotopic (exact) mass is 403 g/mol. The van der Waals surface area contributed by atoms with E-state index in [1.807, 2.05) is 18.2 Å². The molecule has 154 valence electrons. The Kier molecular flexibility index (Phi) is 4.93. The van der Waals surface area contributed by atoms with Crippen LogP contribution in [-0.2, 0) is 11.3 Å². The lowest BCUT2D eigenvalue weighted by molar-refractivity contribution is -0.231. The van der Waals surface area contributed by atoms with Crippen LogP contribution in [0.4, 0.5) is 5.69 Å². The Labute approximate surface area is 176 Å². The van der Waals surface area contributed by atoms with Crippen molar-refractivity contribution < 1.29 is 14.3 Å². The number of likely N-dealkylation sites (tertiary alicyclic amines) is 1. The summed E-state index contributed by atoms with van der Waals surface area (Å²) in [6.45, 7) is 2.54. The Morgan fingerprint density at radius 2 is 1.90 bits per heavy atom. The van der Waals surface area contributed by atoms with Gasteiger partial charge in [-0.25, -0.2) is 0 Å². The summed E-state index contributed by atoms with van der Waals surface area (Å²) < 4.78 is 12.5. The number of carbonyl (C=O) groups excluding carboxylic acids is 1. The molecular formula is C24H25N3O3. The summed E-state index contributed by atoms with van der Waals surface area (Å²) >= 11 is 0. The summed E-state index contributed by atoms with van der Waals surface area (Å²) in [6.07, 6.45) is 5.79. The van der Waals surface area contributed by atoms with E-state index >= 15 is 0 Å². The highest BCUT2D eigenvalue weighted by atomic mass is 16.7. The van der Waals surface area contributed by atoms with Crippen molar-refractivity contribution in [1.29, 1.82) is 5.26 Å². The van der Waals surface area contributed by atoms with E-state index < -0.39 is 5.79 Å². The zero-order valence-electron chi connectivity index (χ0n) is 16.9. The summed E-state index contributed by atoms with van der Waals surface area (Å²) in [5.74, 6) is 0.118. The van der Waals surface area contributed by atoms with Crippen LogP contribution in [0.3, 0.4) is 0 Å². The van der Waals surface area contributed by atoms with Gasteiger partial charge in [0.05, 0.1) is 18.2 Å². The number of fused-ring (bicyclic) bond motifs is 1. The maximum absolute atomic E-state index is 12.5. The molecule has 1 N–H and O–H groups in total. The van der Waals surface area contributed by atoms with Crippen LogP contribution in [0.1, 0.15) is 53.6 Å². The molecule has 3 aliphatic rings. The van der Waals surface area contributed by atoms with Gasteiger partial charge in [0.15, 0.2) is 0 Å². The van der Waals surface area contributed by atoms with Gasteiger partial charge in [0.1, 0.15) is 5.75 Å². The lowest BCUT2D eigenvalue weighted by Crippen LogP contribution is -2.54. The Bertz CT molecular complexity index is 984. The third-order valence-electron chi connectivity index (χ3n) is 6.53. The number of nitrogens with zero attached hydrogens (tertiary/aromatic N) is 2. The van der Waals surface area contributed by atoms with Gasteiger partial charge in [0.2, 0.25) is 5.79 Å². The summed E-state index contributed by atoms with van der Waals surface area (Å²) in [5, 5.41) is 11.8. The maximum Gasteiger partial charge on any atom is 0.255 e. The van der Waals surface area contributed by atoms with Crippen LogP contribution >= 0.6 is 0 Å². The molecule has 1 saturated heterocycles. The Morgan fingerprint density at radius 3 is 2.57 bits per heavy atom. The number of anilines is 1. The van der Waals surface area contributed by atoms with E-state index in [4.69, 9.17) is 14.7 Å². The minimum Gasteiger partial charge on any atom is -0.462 e. The van der Waals surface area contributed by atoms with Gasteiger partial charge in [0.25, 0.3) is 5.91 Å².